The minimum Gasteiger partial charge on any atom is -0.198 e. The molecule has 0 rings (SSSR count). The molecule has 0 aliphatic heterocycles. The van der Waals surface area contributed by atoms with E-state index >= 15 is 0 Å². The molecule has 0 N–H and O–H groups in total. The van der Waals surface area contributed by atoms with Gasteiger partial charge in [-0.3, -0.25) is 0 Å². The van der Waals surface area contributed by atoms with Gasteiger partial charge in [-0.2, -0.15) is 10.5 Å². The van der Waals surface area contributed by atoms with E-state index in [-0.39, 0.29) is 11.3 Å². The summed E-state index contributed by atoms with van der Waals surface area (Å²) in [6, 6.07) is 4.36. The van der Waals surface area contributed by atoms with E-state index in [1.54, 1.807) is 0 Å². The fraction of sp³-hybridized carbons (Fsp3) is 0.778. The minimum absolute atomic E-state index is 0.0719. The number of hydrogen-bond donors (Lipinski definition) is 0. The Balaban J connectivity index is 3.74. The molecule has 0 aliphatic rings. The Morgan fingerprint density at radius 2 is 1.91 bits per heavy atom. The molecule has 0 amide bonds. The first kappa shape index (κ1) is 9.98. The van der Waals surface area contributed by atoms with Gasteiger partial charge >= 0.3 is 0 Å². The SMILES string of the molecule is CC(C#N)CCC(C)(C)C#N. The molecule has 2 nitrogen and oxygen atoms in total. The lowest BCUT2D eigenvalue weighted by Gasteiger charge is -2.14. The monoisotopic (exact) mass is 150 g/mol. The summed E-state index contributed by atoms with van der Waals surface area (Å²) in [6.07, 6.45) is 1.62. The topological polar surface area (TPSA) is 47.6 Å². The molecule has 0 saturated heterocycles. The highest BCUT2D eigenvalue weighted by atomic mass is 14.3. The maximum atomic E-state index is 8.65. The number of nitrogens with zero attached hydrogens (tertiary/aromatic N) is 2. The van der Waals surface area contributed by atoms with Crippen LogP contribution in [0.25, 0.3) is 0 Å². The van der Waals surface area contributed by atoms with Crippen LogP contribution in [0.15, 0.2) is 0 Å². The summed E-state index contributed by atoms with van der Waals surface area (Å²) < 4.78 is 0. The second kappa shape index (κ2) is 3.98. The average molecular weight is 150 g/mol. The van der Waals surface area contributed by atoms with Crippen molar-refractivity contribution < 1.29 is 0 Å². The summed E-state index contributed by atoms with van der Waals surface area (Å²) in [6.45, 7) is 5.68. The molecule has 1 unspecified atom stereocenters. The fourth-order valence-corrected chi connectivity index (χ4v) is 0.698. The van der Waals surface area contributed by atoms with E-state index in [0.717, 1.165) is 12.8 Å². The summed E-state index contributed by atoms with van der Waals surface area (Å²) in [4.78, 5) is 0. The molecular formula is C9H14N2. The molecule has 0 saturated carbocycles. The highest BCUT2D eigenvalue weighted by Gasteiger charge is 2.17. The second-order valence-electron chi connectivity index (χ2n) is 3.56. The van der Waals surface area contributed by atoms with Gasteiger partial charge in [0.1, 0.15) is 0 Å². The van der Waals surface area contributed by atoms with Crippen LogP contribution in [-0.2, 0) is 0 Å². The van der Waals surface area contributed by atoms with Crippen molar-refractivity contribution in [2.24, 2.45) is 11.3 Å². The average Bonchev–Trinajstić information content (AvgIpc) is 2.00. The molecule has 11 heavy (non-hydrogen) atoms. The van der Waals surface area contributed by atoms with Crippen LogP contribution in [0.2, 0.25) is 0 Å². The van der Waals surface area contributed by atoms with E-state index in [2.05, 4.69) is 12.1 Å². The van der Waals surface area contributed by atoms with E-state index in [0.29, 0.717) is 0 Å². The summed E-state index contributed by atoms with van der Waals surface area (Å²) in [5.74, 6) is 0.0719. The van der Waals surface area contributed by atoms with Crippen LogP contribution >= 0.6 is 0 Å². The standard InChI is InChI=1S/C9H14N2/c1-8(6-10)4-5-9(2,3)7-11/h8H,4-5H2,1-3H3. The molecule has 0 fully saturated rings. The Bertz CT molecular complexity index is 193. The first-order chi connectivity index (χ1) is 5.02. The normalized spacial score (nSPS) is 13.2. The number of rotatable bonds is 3. The largest absolute Gasteiger partial charge is 0.198 e. The van der Waals surface area contributed by atoms with Gasteiger partial charge in [-0.1, -0.05) is 0 Å². The lowest BCUT2D eigenvalue weighted by atomic mass is 9.87. The van der Waals surface area contributed by atoms with Crippen molar-refractivity contribution in [3.63, 3.8) is 0 Å². The van der Waals surface area contributed by atoms with Gasteiger partial charge < -0.3 is 0 Å². The molecule has 0 aromatic carbocycles. The van der Waals surface area contributed by atoms with Crippen LogP contribution in [0.5, 0.6) is 0 Å². The third kappa shape index (κ3) is 4.39. The van der Waals surface area contributed by atoms with E-state index in [9.17, 15) is 0 Å². The molecular weight excluding hydrogens is 136 g/mol. The lowest BCUT2D eigenvalue weighted by Crippen LogP contribution is -2.09. The highest BCUT2D eigenvalue weighted by molar-refractivity contribution is 4.93. The van der Waals surface area contributed by atoms with Gasteiger partial charge in [-0.05, 0) is 33.6 Å². The predicted molar refractivity (Wildman–Crippen MR) is 43.4 cm³/mol. The van der Waals surface area contributed by atoms with Crippen molar-refractivity contribution in [1.29, 1.82) is 10.5 Å². The first-order valence-electron chi connectivity index (χ1n) is 3.83. The van der Waals surface area contributed by atoms with Crippen molar-refractivity contribution in [3.05, 3.63) is 0 Å². The molecule has 0 aromatic rings. The van der Waals surface area contributed by atoms with Crippen LogP contribution in [0.4, 0.5) is 0 Å². The Labute approximate surface area is 68.4 Å². The molecule has 0 aromatic heterocycles. The van der Waals surface area contributed by atoms with Crippen LogP contribution in [0, 0.1) is 34.0 Å². The molecule has 1 atom stereocenters. The maximum absolute atomic E-state index is 8.65. The maximum Gasteiger partial charge on any atom is 0.0683 e. The van der Waals surface area contributed by atoms with Gasteiger partial charge in [-0.25, -0.2) is 0 Å². The Kier molecular flexibility index (Phi) is 3.61. The third-order valence-electron chi connectivity index (χ3n) is 1.73. The quantitative estimate of drug-likeness (QED) is 0.620. The second-order valence-corrected chi connectivity index (χ2v) is 3.56. The Morgan fingerprint density at radius 3 is 2.27 bits per heavy atom. The Hall–Kier alpha value is -1.02. The zero-order chi connectivity index (χ0) is 8.91. The molecule has 0 heterocycles. The number of nitriles is 2. The number of hydrogen-bond acceptors (Lipinski definition) is 2. The van der Waals surface area contributed by atoms with Crippen molar-refractivity contribution in [1.82, 2.24) is 0 Å². The van der Waals surface area contributed by atoms with Gasteiger partial charge in [0.25, 0.3) is 0 Å². The fourth-order valence-electron chi connectivity index (χ4n) is 0.698. The Morgan fingerprint density at radius 1 is 1.36 bits per heavy atom. The third-order valence-corrected chi connectivity index (χ3v) is 1.73. The summed E-state index contributed by atoms with van der Waals surface area (Å²) in [7, 11) is 0. The molecule has 0 bridgehead atoms. The molecule has 0 aliphatic carbocycles. The van der Waals surface area contributed by atoms with E-state index in [1.807, 2.05) is 20.8 Å². The smallest absolute Gasteiger partial charge is 0.0683 e. The summed E-state index contributed by atoms with van der Waals surface area (Å²) in [5, 5.41) is 17.1. The van der Waals surface area contributed by atoms with Crippen molar-refractivity contribution in [2.45, 2.75) is 33.6 Å². The summed E-state index contributed by atoms with van der Waals surface area (Å²) in [5.41, 5.74) is -0.273. The van der Waals surface area contributed by atoms with Gasteiger partial charge in [0, 0.05) is 5.92 Å². The van der Waals surface area contributed by atoms with E-state index in [4.69, 9.17) is 10.5 Å². The van der Waals surface area contributed by atoms with E-state index in [1.165, 1.54) is 0 Å². The molecule has 0 spiro atoms. The van der Waals surface area contributed by atoms with E-state index < -0.39 is 0 Å². The van der Waals surface area contributed by atoms with Crippen LogP contribution in [0.3, 0.4) is 0 Å². The summed E-state index contributed by atoms with van der Waals surface area (Å²) >= 11 is 0. The first-order valence-corrected chi connectivity index (χ1v) is 3.83. The zero-order valence-corrected chi connectivity index (χ0v) is 7.39. The minimum atomic E-state index is -0.273. The van der Waals surface area contributed by atoms with Crippen molar-refractivity contribution in [2.75, 3.05) is 0 Å². The molecule has 2 heteroatoms. The van der Waals surface area contributed by atoms with Crippen LogP contribution < -0.4 is 0 Å². The zero-order valence-electron chi connectivity index (χ0n) is 7.39. The van der Waals surface area contributed by atoms with Crippen LogP contribution in [0.1, 0.15) is 33.6 Å². The van der Waals surface area contributed by atoms with Crippen molar-refractivity contribution >= 4 is 0 Å². The highest BCUT2D eigenvalue weighted by Crippen LogP contribution is 2.23. The molecule has 0 radical (unpaired) electrons. The molecule has 60 valence electrons. The van der Waals surface area contributed by atoms with Crippen LogP contribution in [-0.4, -0.2) is 0 Å². The van der Waals surface area contributed by atoms with Gasteiger partial charge in [-0.15, -0.1) is 0 Å². The lowest BCUT2D eigenvalue weighted by molar-refractivity contribution is 0.410. The predicted octanol–water partition coefficient (Wildman–Crippen LogP) is 2.48. The van der Waals surface area contributed by atoms with Gasteiger partial charge in [0.2, 0.25) is 0 Å². The van der Waals surface area contributed by atoms with Gasteiger partial charge in [0.05, 0.1) is 17.6 Å². The van der Waals surface area contributed by atoms with Gasteiger partial charge in [0.15, 0.2) is 0 Å². The van der Waals surface area contributed by atoms with Crippen molar-refractivity contribution in [3.8, 4) is 12.1 Å².